The van der Waals surface area contributed by atoms with Gasteiger partial charge < -0.3 is 14.4 Å². The summed E-state index contributed by atoms with van der Waals surface area (Å²) >= 11 is 0. The number of methoxy groups -OCH3 is 1. The molecule has 27 heavy (non-hydrogen) atoms. The van der Waals surface area contributed by atoms with Gasteiger partial charge in [0.1, 0.15) is 12.4 Å². The molecule has 0 bridgehead atoms. The number of amides is 1. The summed E-state index contributed by atoms with van der Waals surface area (Å²) in [6, 6.07) is 17.8. The fraction of sp³-hybridized carbons (Fsp3) is 0.348. The summed E-state index contributed by atoms with van der Waals surface area (Å²) in [6.45, 7) is 5.44. The first-order valence-corrected chi connectivity index (χ1v) is 9.40. The average molecular weight is 365 g/mol. The van der Waals surface area contributed by atoms with Crippen LogP contribution < -0.4 is 4.74 Å². The van der Waals surface area contributed by atoms with E-state index in [1.54, 1.807) is 7.11 Å². The molecule has 1 atom stereocenters. The van der Waals surface area contributed by atoms with Crippen molar-refractivity contribution in [2.75, 3.05) is 13.7 Å². The summed E-state index contributed by atoms with van der Waals surface area (Å²) < 4.78 is 11.1. The predicted molar refractivity (Wildman–Crippen MR) is 107 cm³/mol. The molecule has 4 heteroatoms. The zero-order chi connectivity index (χ0) is 19.2. The number of hydrogen-bond donors (Lipinski definition) is 0. The highest BCUT2D eigenvalue weighted by atomic mass is 16.5. The molecule has 0 radical (unpaired) electrons. The van der Waals surface area contributed by atoms with E-state index in [1.165, 1.54) is 0 Å². The summed E-state index contributed by atoms with van der Waals surface area (Å²) in [5, 5.41) is 0. The SMILES string of the molecule is COc1ccc(CN2C(=O)/C(=C/c3ccccc3)OC[C@@H]2CC(C)C)cc1. The van der Waals surface area contributed by atoms with Crippen molar-refractivity contribution in [3.05, 3.63) is 71.5 Å². The average Bonchev–Trinajstić information content (AvgIpc) is 2.68. The molecule has 3 rings (SSSR count). The highest BCUT2D eigenvalue weighted by molar-refractivity contribution is 5.96. The van der Waals surface area contributed by atoms with Crippen molar-refractivity contribution in [2.45, 2.75) is 32.9 Å². The van der Waals surface area contributed by atoms with Crippen molar-refractivity contribution < 1.29 is 14.3 Å². The number of carbonyl (C=O) groups excluding carboxylic acids is 1. The number of nitrogens with zero attached hydrogens (tertiary/aromatic N) is 1. The summed E-state index contributed by atoms with van der Waals surface area (Å²) in [4.78, 5) is 15.1. The number of rotatable bonds is 6. The Morgan fingerprint density at radius 3 is 2.48 bits per heavy atom. The van der Waals surface area contributed by atoms with Gasteiger partial charge in [0.25, 0.3) is 5.91 Å². The number of morpholine rings is 1. The van der Waals surface area contributed by atoms with Gasteiger partial charge in [-0.1, -0.05) is 56.3 Å². The van der Waals surface area contributed by atoms with Crippen LogP contribution in [0.4, 0.5) is 0 Å². The van der Waals surface area contributed by atoms with Gasteiger partial charge in [0.15, 0.2) is 5.76 Å². The Kier molecular flexibility index (Phi) is 6.17. The Morgan fingerprint density at radius 2 is 1.85 bits per heavy atom. The Balaban J connectivity index is 1.83. The molecule has 4 nitrogen and oxygen atoms in total. The molecule has 0 spiro atoms. The van der Waals surface area contributed by atoms with Gasteiger partial charge in [-0.2, -0.15) is 0 Å². The van der Waals surface area contributed by atoms with E-state index in [1.807, 2.05) is 65.6 Å². The molecule has 1 aliphatic heterocycles. The highest BCUT2D eigenvalue weighted by Gasteiger charge is 2.33. The van der Waals surface area contributed by atoms with E-state index in [4.69, 9.17) is 9.47 Å². The number of benzene rings is 2. The minimum absolute atomic E-state index is 0.0495. The normalized spacial score (nSPS) is 18.7. The van der Waals surface area contributed by atoms with Crippen molar-refractivity contribution in [2.24, 2.45) is 5.92 Å². The fourth-order valence-corrected chi connectivity index (χ4v) is 3.32. The maximum Gasteiger partial charge on any atom is 0.289 e. The van der Waals surface area contributed by atoms with Gasteiger partial charge in [0.2, 0.25) is 0 Å². The minimum atomic E-state index is -0.0495. The molecular weight excluding hydrogens is 338 g/mol. The lowest BCUT2D eigenvalue weighted by Crippen LogP contribution is -2.48. The Morgan fingerprint density at radius 1 is 1.15 bits per heavy atom. The third-order valence-corrected chi connectivity index (χ3v) is 4.70. The highest BCUT2D eigenvalue weighted by Crippen LogP contribution is 2.25. The van der Waals surface area contributed by atoms with Crippen LogP contribution in [-0.4, -0.2) is 30.6 Å². The van der Waals surface area contributed by atoms with Gasteiger partial charge in [-0.15, -0.1) is 0 Å². The van der Waals surface area contributed by atoms with E-state index >= 15 is 0 Å². The quantitative estimate of drug-likeness (QED) is 0.707. The molecule has 1 amide bonds. The molecule has 0 N–H and O–H groups in total. The van der Waals surface area contributed by atoms with Crippen LogP contribution in [0.25, 0.3) is 6.08 Å². The van der Waals surface area contributed by atoms with E-state index in [9.17, 15) is 4.79 Å². The van der Waals surface area contributed by atoms with Gasteiger partial charge in [-0.25, -0.2) is 0 Å². The molecule has 0 saturated carbocycles. The predicted octanol–water partition coefficient (Wildman–Crippen LogP) is 4.51. The second kappa shape index (κ2) is 8.76. The van der Waals surface area contributed by atoms with Gasteiger partial charge in [-0.05, 0) is 41.7 Å². The van der Waals surface area contributed by atoms with Crippen LogP contribution in [0, 0.1) is 5.92 Å². The molecule has 0 aromatic heterocycles. The molecule has 1 aliphatic rings. The lowest BCUT2D eigenvalue weighted by atomic mass is 10.0. The van der Waals surface area contributed by atoms with Crippen LogP contribution in [0.2, 0.25) is 0 Å². The molecule has 2 aromatic rings. The maximum atomic E-state index is 13.2. The molecule has 0 unspecified atom stereocenters. The van der Waals surface area contributed by atoms with Crippen LogP contribution in [0.5, 0.6) is 5.75 Å². The van der Waals surface area contributed by atoms with Crippen LogP contribution in [-0.2, 0) is 16.1 Å². The van der Waals surface area contributed by atoms with Crippen LogP contribution in [0.1, 0.15) is 31.4 Å². The Bertz CT molecular complexity index is 781. The lowest BCUT2D eigenvalue weighted by molar-refractivity contribution is -0.141. The maximum absolute atomic E-state index is 13.2. The van der Waals surface area contributed by atoms with E-state index in [2.05, 4.69) is 13.8 Å². The smallest absolute Gasteiger partial charge is 0.289 e. The van der Waals surface area contributed by atoms with E-state index in [0.717, 1.165) is 23.3 Å². The first-order valence-electron chi connectivity index (χ1n) is 9.40. The summed E-state index contributed by atoms with van der Waals surface area (Å²) in [5.41, 5.74) is 2.05. The largest absolute Gasteiger partial charge is 0.497 e. The molecule has 1 fully saturated rings. The van der Waals surface area contributed by atoms with Crippen molar-refractivity contribution in [3.63, 3.8) is 0 Å². The van der Waals surface area contributed by atoms with Gasteiger partial charge in [-0.3, -0.25) is 4.79 Å². The van der Waals surface area contributed by atoms with Crippen LogP contribution in [0.15, 0.2) is 60.4 Å². The summed E-state index contributed by atoms with van der Waals surface area (Å²) in [7, 11) is 1.65. The van der Waals surface area contributed by atoms with Gasteiger partial charge >= 0.3 is 0 Å². The van der Waals surface area contributed by atoms with E-state index in [0.29, 0.717) is 24.8 Å². The number of hydrogen-bond acceptors (Lipinski definition) is 3. The summed E-state index contributed by atoms with van der Waals surface area (Å²) in [5.74, 6) is 1.67. The zero-order valence-corrected chi connectivity index (χ0v) is 16.2. The lowest BCUT2D eigenvalue weighted by Gasteiger charge is -2.37. The topological polar surface area (TPSA) is 38.8 Å². The van der Waals surface area contributed by atoms with Crippen LogP contribution in [0.3, 0.4) is 0 Å². The summed E-state index contributed by atoms with van der Waals surface area (Å²) in [6.07, 6.45) is 2.75. The first-order chi connectivity index (χ1) is 13.1. The molecular formula is C23H27NO3. The third kappa shape index (κ3) is 4.91. The number of ether oxygens (including phenoxy) is 2. The van der Waals surface area contributed by atoms with Crippen molar-refractivity contribution in [3.8, 4) is 5.75 Å². The fourth-order valence-electron chi connectivity index (χ4n) is 3.32. The van der Waals surface area contributed by atoms with Gasteiger partial charge in [0, 0.05) is 6.54 Å². The second-order valence-electron chi connectivity index (χ2n) is 7.29. The minimum Gasteiger partial charge on any atom is -0.497 e. The molecule has 0 aliphatic carbocycles. The van der Waals surface area contributed by atoms with Crippen LogP contribution >= 0.6 is 0 Å². The Hall–Kier alpha value is -2.75. The van der Waals surface area contributed by atoms with Crippen molar-refractivity contribution in [1.82, 2.24) is 4.90 Å². The number of carbonyl (C=O) groups is 1. The third-order valence-electron chi connectivity index (χ3n) is 4.70. The van der Waals surface area contributed by atoms with Gasteiger partial charge in [0.05, 0.1) is 13.2 Å². The molecule has 1 saturated heterocycles. The Labute approximate surface area is 161 Å². The monoisotopic (exact) mass is 365 g/mol. The molecule has 142 valence electrons. The zero-order valence-electron chi connectivity index (χ0n) is 16.2. The van der Waals surface area contributed by atoms with E-state index < -0.39 is 0 Å². The van der Waals surface area contributed by atoms with Crippen molar-refractivity contribution in [1.29, 1.82) is 0 Å². The van der Waals surface area contributed by atoms with E-state index in [-0.39, 0.29) is 11.9 Å². The second-order valence-corrected chi connectivity index (χ2v) is 7.29. The standard InChI is InChI=1S/C23H27NO3/c1-17(2)13-20-16-27-22(14-18-7-5-4-6-8-18)23(25)24(20)15-19-9-11-21(26-3)12-10-19/h4-12,14,17,20H,13,15-16H2,1-3H3/b22-14-/t20-/m0/s1. The molecule has 1 heterocycles. The molecule has 2 aromatic carbocycles. The van der Waals surface area contributed by atoms with Crippen molar-refractivity contribution >= 4 is 12.0 Å². The first kappa shape index (κ1) is 19.0.